The van der Waals surface area contributed by atoms with Gasteiger partial charge in [-0.15, -0.1) is 0 Å². The first-order valence-corrected chi connectivity index (χ1v) is 7.57. The van der Waals surface area contributed by atoms with Crippen molar-refractivity contribution in [3.05, 3.63) is 46.8 Å². The second-order valence-electron chi connectivity index (χ2n) is 4.40. The van der Waals surface area contributed by atoms with Crippen LogP contribution in [0.25, 0.3) is 0 Å². The summed E-state index contributed by atoms with van der Waals surface area (Å²) in [6.45, 7) is 6.91. The molecule has 2 aromatic rings. The van der Waals surface area contributed by atoms with Gasteiger partial charge in [-0.05, 0) is 54.0 Å². The zero-order chi connectivity index (χ0) is 14.4. The Morgan fingerprint density at radius 2 is 1.85 bits per heavy atom. The minimum absolute atomic E-state index is 0.694. The highest BCUT2D eigenvalue weighted by Crippen LogP contribution is 2.15. The lowest BCUT2D eigenvalue weighted by Gasteiger charge is -2.19. The van der Waals surface area contributed by atoms with Crippen LogP contribution in [0.3, 0.4) is 0 Å². The van der Waals surface area contributed by atoms with Gasteiger partial charge in [0.15, 0.2) is 0 Å². The first-order valence-electron chi connectivity index (χ1n) is 6.78. The molecule has 2 rings (SSSR count). The summed E-state index contributed by atoms with van der Waals surface area (Å²) >= 11 is 3.38. The average molecular weight is 335 g/mol. The summed E-state index contributed by atoms with van der Waals surface area (Å²) in [7, 11) is 0. The van der Waals surface area contributed by atoms with Gasteiger partial charge in [-0.25, -0.2) is 4.98 Å². The lowest BCUT2D eigenvalue weighted by atomic mass is 10.3. The molecule has 0 atom stereocenters. The van der Waals surface area contributed by atoms with Gasteiger partial charge in [0.2, 0.25) is 0 Å². The first-order chi connectivity index (χ1) is 9.72. The monoisotopic (exact) mass is 334 g/mol. The van der Waals surface area contributed by atoms with Gasteiger partial charge >= 0.3 is 0 Å². The van der Waals surface area contributed by atoms with E-state index in [0.29, 0.717) is 6.54 Å². The molecular weight excluding hydrogens is 316 g/mol. The third kappa shape index (κ3) is 3.93. The summed E-state index contributed by atoms with van der Waals surface area (Å²) in [5.41, 5.74) is 2.01. The predicted molar refractivity (Wildman–Crippen MR) is 87.1 cm³/mol. The third-order valence-corrected chi connectivity index (χ3v) is 3.57. The fourth-order valence-corrected chi connectivity index (χ4v) is 2.16. The molecule has 2 heterocycles. The van der Waals surface area contributed by atoms with Gasteiger partial charge in [0.05, 0.1) is 24.1 Å². The normalized spacial score (nSPS) is 10.3. The summed E-state index contributed by atoms with van der Waals surface area (Å²) < 4.78 is 0.992. The van der Waals surface area contributed by atoms with Crippen LogP contribution in [-0.2, 0) is 6.54 Å². The zero-order valence-corrected chi connectivity index (χ0v) is 13.4. The van der Waals surface area contributed by atoms with Gasteiger partial charge in [-0.3, -0.25) is 4.98 Å². The molecule has 0 bridgehead atoms. The van der Waals surface area contributed by atoms with Gasteiger partial charge in [-0.1, -0.05) is 0 Å². The molecule has 0 aliphatic rings. The average Bonchev–Trinajstić information content (AvgIpc) is 2.49. The maximum Gasteiger partial charge on any atom is 0.128 e. The van der Waals surface area contributed by atoms with E-state index in [2.05, 4.69) is 56.0 Å². The molecular formula is C15H19BrN4. The van der Waals surface area contributed by atoms with Crippen LogP contribution < -0.4 is 10.2 Å². The number of hydrogen-bond donors (Lipinski definition) is 1. The van der Waals surface area contributed by atoms with Crippen LogP contribution in [0.1, 0.15) is 19.5 Å². The number of halogens is 1. The fraction of sp³-hybridized carbons (Fsp3) is 0.333. The molecule has 0 fully saturated rings. The summed E-state index contributed by atoms with van der Waals surface area (Å²) in [5, 5.41) is 3.32. The van der Waals surface area contributed by atoms with Crippen LogP contribution in [0.15, 0.2) is 41.1 Å². The quantitative estimate of drug-likeness (QED) is 0.874. The minimum atomic E-state index is 0.694. The fourth-order valence-electron chi connectivity index (χ4n) is 1.93. The van der Waals surface area contributed by atoms with Crippen molar-refractivity contribution in [1.29, 1.82) is 0 Å². The Hall–Kier alpha value is -1.62. The van der Waals surface area contributed by atoms with E-state index in [0.717, 1.165) is 34.8 Å². The first kappa shape index (κ1) is 14.8. The second kappa shape index (κ2) is 7.24. The number of rotatable bonds is 6. The summed E-state index contributed by atoms with van der Waals surface area (Å²) in [6, 6.07) is 8.09. The Morgan fingerprint density at radius 3 is 2.40 bits per heavy atom. The molecule has 0 aliphatic carbocycles. The van der Waals surface area contributed by atoms with Crippen LogP contribution in [0.2, 0.25) is 0 Å². The summed E-state index contributed by atoms with van der Waals surface area (Å²) in [5.74, 6) is 1.02. The Morgan fingerprint density at radius 1 is 1.05 bits per heavy atom. The number of pyridine rings is 2. The lowest BCUT2D eigenvalue weighted by Crippen LogP contribution is -2.22. The number of anilines is 2. The number of nitrogens with one attached hydrogen (secondary N) is 1. The smallest absolute Gasteiger partial charge is 0.128 e. The number of aromatic nitrogens is 2. The standard InChI is InChI=1S/C15H19BrN4/c1-3-20(4-2)15-8-7-14(11-19-15)18-10-13-6-5-12(16)9-17-13/h5-9,11,18H,3-4,10H2,1-2H3. The number of nitrogens with zero attached hydrogens (tertiary/aromatic N) is 3. The van der Waals surface area contributed by atoms with Crippen molar-refractivity contribution in [1.82, 2.24) is 9.97 Å². The minimum Gasteiger partial charge on any atom is -0.378 e. The predicted octanol–water partition coefficient (Wildman–Crippen LogP) is 3.70. The van der Waals surface area contributed by atoms with Crippen LogP contribution in [0.4, 0.5) is 11.5 Å². The third-order valence-electron chi connectivity index (χ3n) is 3.10. The molecule has 0 unspecified atom stereocenters. The van der Waals surface area contributed by atoms with Crippen LogP contribution in [0.5, 0.6) is 0 Å². The van der Waals surface area contributed by atoms with E-state index in [1.54, 1.807) is 6.20 Å². The molecule has 0 radical (unpaired) electrons. The molecule has 0 amide bonds. The molecule has 106 valence electrons. The van der Waals surface area contributed by atoms with E-state index in [1.165, 1.54) is 0 Å². The van der Waals surface area contributed by atoms with Gasteiger partial charge in [-0.2, -0.15) is 0 Å². The van der Waals surface area contributed by atoms with E-state index >= 15 is 0 Å². The Bertz CT molecular complexity index is 521. The molecule has 2 aromatic heterocycles. The van der Waals surface area contributed by atoms with Crippen molar-refractivity contribution in [3.63, 3.8) is 0 Å². The molecule has 0 spiro atoms. The van der Waals surface area contributed by atoms with E-state index in [4.69, 9.17) is 0 Å². The van der Waals surface area contributed by atoms with E-state index in [1.807, 2.05) is 24.4 Å². The maximum absolute atomic E-state index is 4.48. The summed E-state index contributed by atoms with van der Waals surface area (Å²) in [6.07, 6.45) is 3.67. The van der Waals surface area contributed by atoms with Gasteiger partial charge < -0.3 is 10.2 Å². The maximum atomic E-state index is 4.48. The van der Waals surface area contributed by atoms with Crippen LogP contribution >= 0.6 is 15.9 Å². The van der Waals surface area contributed by atoms with Crippen molar-refractivity contribution in [2.45, 2.75) is 20.4 Å². The SMILES string of the molecule is CCN(CC)c1ccc(NCc2ccc(Br)cn2)cn1. The number of hydrogen-bond acceptors (Lipinski definition) is 4. The Balaban J connectivity index is 1.95. The van der Waals surface area contributed by atoms with Crippen molar-refractivity contribution in [2.24, 2.45) is 0 Å². The van der Waals surface area contributed by atoms with Gasteiger partial charge in [0.25, 0.3) is 0 Å². The molecule has 0 aliphatic heterocycles. The topological polar surface area (TPSA) is 41.0 Å². The zero-order valence-electron chi connectivity index (χ0n) is 11.8. The second-order valence-corrected chi connectivity index (χ2v) is 5.31. The van der Waals surface area contributed by atoms with E-state index in [9.17, 15) is 0 Å². The van der Waals surface area contributed by atoms with Crippen LogP contribution in [-0.4, -0.2) is 23.1 Å². The van der Waals surface area contributed by atoms with Gasteiger partial charge in [0, 0.05) is 23.8 Å². The Labute approximate surface area is 128 Å². The highest BCUT2D eigenvalue weighted by Gasteiger charge is 2.03. The van der Waals surface area contributed by atoms with Crippen LogP contribution in [0, 0.1) is 0 Å². The largest absolute Gasteiger partial charge is 0.378 e. The molecule has 0 saturated heterocycles. The van der Waals surface area contributed by atoms with Gasteiger partial charge in [0.1, 0.15) is 5.82 Å². The van der Waals surface area contributed by atoms with E-state index < -0.39 is 0 Å². The summed E-state index contributed by atoms with van der Waals surface area (Å²) in [4.78, 5) is 11.0. The Kier molecular flexibility index (Phi) is 5.35. The van der Waals surface area contributed by atoms with Crippen molar-refractivity contribution in [2.75, 3.05) is 23.3 Å². The highest BCUT2D eigenvalue weighted by molar-refractivity contribution is 9.10. The van der Waals surface area contributed by atoms with E-state index in [-0.39, 0.29) is 0 Å². The van der Waals surface area contributed by atoms with Crippen molar-refractivity contribution >= 4 is 27.4 Å². The molecule has 1 N–H and O–H groups in total. The molecule has 5 heteroatoms. The van der Waals surface area contributed by atoms with Crippen molar-refractivity contribution in [3.8, 4) is 0 Å². The highest BCUT2D eigenvalue weighted by atomic mass is 79.9. The molecule has 0 saturated carbocycles. The molecule has 0 aromatic carbocycles. The van der Waals surface area contributed by atoms with Crippen molar-refractivity contribution < 1.29 is 0 Å². The lowest BCUT2D eigenvalue weighted by molar-refractivity contribution is 0.846. The molecule has 20 heavy (non-hydrogen) atoms. The molecule has 4 nitrogen and oxygen atoms in total.